The lowest BCUT2D eigenvalue weighted by atomic mass is 10.2. The summed E-state index contributed by atoms with van der Waals surface area (Å²) < 4.78 is 6.65. The average Bonchev–Trinajstić information content (AvgIpc) is 2.62. The van der Waals surface area contributed by atoms with Crippen molar-refractivity contribution in [2.24, 2.45) is 0 Å². The predicted molar refractivity (Wildman–Crippen MR) is 69.5 cm³/mol. The maximum Gasteiger partial charge on any atom is 0.0701 e. The molecule has 2 nitrogen and oxygen atoms in total. The Labute approximate surface area is 104 Å². The highest BCUT2D eigenvalue weighted by atomic mass is 79.9. The molecular formula is C11H18BrNOS. The van der Waals surface area contributed by atoms with E-state index in [-0.39, 0.29) is 6.10 Å². The van der Waals surface area contributed by atoms with Crippen molar-refractivity contribution in [1.82, 2.24) is 5.32 Å². The number of hydrogen-bond acceptors (Lipinski definition) is 3. The first-order valence-electron chi connectivity index (χ1n) is 5.23. The molecule has 0 saturated heterocycles. The lowest BCUT2D eigenvalue weighted by Gasteiger charge is -2.16. The van der Waals surface area contributed by atoms with Gasteiger partial charge in [0.1, 0.15) is 0 Å². The molecule has 2 unspecified atom stereocenters. The summed E-state index contributed by atoms with van der Waals surface area (Å²) in [6, 6.07) is 4.63. The van der Waals surface area contributed by atoms with E-state index >= 15 is 0 Å². The second-order valence-electron chi connectivity index (χ2n) is 3.54. The topological polar surface area (TPSA) is 21.3 Å². The van der Waals surface area contributed by atoms with E-state index in [1.165, 1.54) is 8.66 Å². The van der Waals surface area contributed by atoms with E-state index in [0.29, 0.717) is 6.04 Å². The van der Waals surface area contributed by atoms with Crippen LogP contribution in [0.4, 0.5) is 0 Å². The highest BCUT2D eigenvalue weighted by Crippen LogP contribution is 2.26. The Bertz CT molecular complexity index is 290. The van der Waals surface area contributed by atoms with Crippen molar-refractivity contribution in [2.75, 3.05) is 13.2 Å². The molecule has 0 aliphatic heterocycles. The number of ether oxygens (including phenoxy) is 1. The van der Waals surface area contributed by atoms with Crippen molar-refractivity contribution < 1.29 is 4.74 Å². The van der Waals surface area contributed by atoms with Gasteiger partial charge in [-0.15, -0.1) is 11.3 Å². The minimum absolute atomic E-state index is 0.279. The van der Waals surface area contributed by atoms with Crippen LogP contribution in [0.1, 0.15) is 31.7 Å². The van der Waals surface area contributed by atoms with E-state index in [0.717, 1.165) is 13.2 Å². The molecule has 0 bridgehead atoms. The van der Waals surface area contributed by atoms with Crippen molar-refractivity contribution in [1.29, 1.82) is 0 Å². The maximum atomic E-state index is 5.46. The molecule has 15 heavy (non-hydrogen) atoms. The Hall–Kier alpha value is 0.1000. The zero-order valence-electron chi connectivity index (χ0n) is 9.42. The summed E-state index contributed by atoms with van der Waals surface area (Å²) in [5, 5.41) is 3.46. The zero-order valence-corrected chi connectivity index (χ0v) is 11.8. The first-order valence-corrected chi connectivity index (χ1v) is 6.84. The van der Waals surface area contributed by atoms with Crippen LogP contribution in [0, 0.1) is 0 Å². The summed E-state index contributed by atoms with van der Waals surface area (Å²) in [6.45, 7) is 7.97. The summed E-state index contributed by atoms with van der Waals surface area (Å²) in [5.41, 5.74) is 0. The van der Waals surface area contributed by atoms with E-state index in [9.17, 15) is 0 Å². The number of thiophene rings is 1. The maximum absolute atomic E-state index is 5.46. The van der Waals surface area contributed by atoms with Crippen molar-refractivity contribution in [3.05, 3.63) is 20.8 Å². The quantitative estimate of drug-likeness (QED) is 0.865. The van der Waals surface area contributed by atoms with Crippen LogP contribution in [0.25, 0.3) is 0 Å². The molecule has 0 saturated carbocycles. The SMILES string of the molecule is CCOC(C)CNC(C)c1ccc(Br)s1. The van der Waals surface area contributed by atoms with Crippen molar-refractivity contribution in [2.45, 2.75) is 32.9 Å². The largest absolute Gasteiger partial charge is 0.377 e. The minimum Gasteiger partial charge on any atom is -0.377 e. The fourth-order valence-electron chi connectivity index (χ4n) is 1.35. The Morgan fingerprint density at radius 2 is 2.20 bits per heavy atom. The van der Waals surface area contributed by atoms with Gasteiger partial charge >= 0.3 is 0 Å². The van der Waals surface area contributed by atoms with E-state index < -0.39 is 0 Å². The third-order valence-corrected chi connectivity index (χ3v) is 3.99. The molecule has 0 aliphatic carbocycles. The molecule has 0 amide bonds. The van der Waals surface area contributed by atoms with Gasteiger partial charge in [0.15, 0.2) is 0 Å². The number of halogens is 1. The van der Waals surface area contributed by atoms with Gasteiger partial charge in [-0.2, -0.15) is 0 Å². The van der Waals surface area contributed by atoms with E-state index in [4.69, 9.17) is 4.74 Å². The average molecular weight is 292 g/mol. The summed E-state index contributed by atoms with van der Waals surface area (Å²) in [5.74, 6) is 0. The van der Waals surface area contributed by atoms with Crippen molar-refractivity contribution >= 4 is 27.3 Å². The number of hydrogen-bond donors (Lipinski definition) is 1. The fraction of sp³-hybridized carbons (Fsp3) is 0.636. The van der Waals surface area contributed by atoms with Crippen molar-refractivity contribution in [3.63, 3.8) is 0 Å². The Kier molecular flexibility index (Phi) is 5.82. The van der Waals surface area contributed by atoms with Crippen LogP contribution in [0.15, 0.2) is 15.9 Å². The Morgan fingerprint density at radius 1 is 1.47 bits per heavy atom. The van der Waals surface area contributed by atoms with Gasteiger partial charge in [-0.3, -0.25) is 0 Å². The van der Waals surface area contributed by atoms with Gasteiger partial charge in [0.05, 0.1) is 9.89 Å². The molecule has 0 aliphatic rings. The molecule has 1 aromatic rings. The zero-order chi connectivity index (χ0) is 11.3. The summed E-state index contributed by atoms with van der Waals surface area (Å²) in [6.07, 6.45) is 0.279. The molecule has 1 rings (SSSR count). The number of nitrogens with one attached hydrogen (secondary N) is 1. The fourth-order valence-corrected chi connectivity index (χ4v) is 2.80. The Morgan fingerprint density at radius 3 is 2.73 bits per heavy atom. The standard InChI is InChI=1S/C11H18BrNOS/c1-4-14-8(2)7-13-9(3)10-5-6-11(12)15-10/h5-6,8-9,13H,4,7H2,1-3H3. The summed E-state index contributed by atoms with van der Waals surface area (Å²) in [7, 11) is 0. The minimum atomic E-state index is 0.279. The van der Waals surface area contributed by atoms with Crippen molar-refractivity contribution in [3.8, 4) is 0 Å². The van der Waals surface area contributed by atoms with Crippen LogP contribution < -0.4 is 5.32 Å². The molecule has 86 valence electrons. The van der Waals surface area contributed by atoms with Gasteiger partial charge in [-0.25, -0.2) is 0 Å². The van der Waals surface area contributed by atoms with Crippen LogP contribution >= 0.6 is 27.3 Å². The molecule has 0 spiro atoms. The first-order chi connectivity index (χ1) is 7.13. The molecule has 2 atom stereocenters. The van der Waals surface area contributed by atoms with Gasteiger partial charge in [-0.1, -0.05) is 0 Å². The van der Waals surface area contributed by atoms with Crippen LogP contribution in [-0.4, -0.2) is 19.3 Å². The molecular weight excluding hydrogens is 274 g/mol. The highest BCUT2D eigenvalue weighted by Gasteiger charge is 2.09. The number of rotatable bonds is 6. The lowest BCUT2D eigenvalue weighted by molar-refractivity contribution is 0.0744. The van der Waals surface area contributed by atoms with E-state index in [1.807, 2.05) is 6.92 Å². The van der Waals surface area contributed by atoms with E-state index in [2.05, 4.69) is 47.2 Å². The highest BCUT2D eigenvalue weighted by molar-refractivity contribution is 9.11. The second-order valence-corrected chi connectivity index (χ2v) is 6.03. The summed E-state index contributed by atoms with van der Waals surface area (Å²) >= 11 is 5.25. The summed E-state index contributed by atoms with van der Waals surface area (Å²) in [4.78, 5) is 1.35. The van der Waals surface area contributed by atoms with Gasteiger partial charge in [-0.05, 0) is 48.8 Å². The molecule has 4 heteroatoms. The Balaban J connectivity index is 2.33. The molecule has 0 radical (unpaired) electrons. The molecule has 1 aromatic heterocycles. The first kappa shape index (κ1) is 13.2. The monoisotopic (exact) mass is 291 g/mol. The van der Waals surface area contributed by atoms with Crippen LogP contribution in [0.2, 0.25) is 0 Å². The predicted octanol–water partition coefficient (Wildman–Crippen LogP) is 3.59. The van der Waals surface area contributed by atoms with Gasteiger partial charge in [0, 0.05) is 24.1 Å². The molecule has 1 heterocycles. The van der Waals surface area contributed by atoms with Gasteiger partial charge in [0.25, 0.3) is 0 Å². The molecule has 0 aromatic carbocycles. The smallest absolute Gasteiger partial charge is 0.0701 e. The molecule has 1 N–H and O–H groups in total. The van der Waals surface area contributed by atoms with Crippen LogP contribution in [0.3, 0.4) is 0 Å². The molecule has 0 fully saturated rings. The van der Waals surface area contributed by atoms with Crippen LogP contribution in [0.5, 0.6) is 0 Å². The third-order valence-electron chi connectivity index (χ3n) is 2.18. The normalized spacial score (nSPS) is 15.2. The van der Waals surface area contributed by atoms with Gasteiger partial charge < -0.3 is 10.1 Å². The lowest BCUT2D eigenvalue weighted by Crippen LogP contribution is -2.28. The van der Waals surface area contributed by atoms with Gasteiger partial charge in [0.2, 0.25) is 0 Å². The van der Waals surface area contributed by atoms with E-state index in [1.54, 1.807) is 11.3 Å². The second kappa shape index (κ2) is 6.63. The third kappa shape index (κ3) is 4.64. The van der Waals surface area contributed by atoms with Crippen LogP contribution in [-0.2, 0) is 4.74 Å².